The zero-order valence-electron chi connectivity index (χ0n) is 8.54. The fourth-order valence-corrected chi connectivity index (χ4v) is 2.33. The van der Waals surface area contributed by atoms with Gasteiger partial charge in [0.25, 0.3) is 0 Å². The predicted molar refractivity (Wildman–Crippen MR) is 72.7 cm³/mol. The Labute approximate surface area is 110 Å². The first-order chi connectivity index (χ1) is 8.15. The Bertz CT molecular complexity index is 729. The molecular formula is C13H6BrClO2. The highest BCUT2D eigenvalue weighted by Crippen LogP contribution is 2.23. The molecule has 17 heavy (non-hydrogen) atoms. The molecule has 0 bridgehead atoms. The molecule has 0 fully saturated rings. The average molecular weight is 310 g/mol. The minimum atomic E-state index is -0.0648. The molecule has 0 saturated carbocycles. The van der Waals surface area contributed by atoms with Gasteiger partial charge in [0.05, 0.1) is 10.8 Å². The van der Waals surface area contributed by atoms with Crippen LogP contribution in [0.15, 0.2) is 50.1 Å². The summed E-state index contributed by atoms with van der Waals surface area (Å²) in [5.41, 5.74) is 1.06. The molecule has 3 rings (SSSR count). The van der Waals surface area contributed by atoms with Crippen LogP contribution in [0, 0.1) is 0 Å². The molecule has 0 radical (unpaired) electrons. The second-order valence-corrected chi connectivity index (χ2v) is 5.06. The highest BCUT2D eigenvalue weighted by molar-refractivity contribution is 9.10. The van der Waals surface area contributed by atoms with E-state index in [4.69, 9.17) is 16.0 Å². The van der Waals surface area contributed by atoms with Crippen molar-refractivity contribution in [1.82, 2.24) is 0 Å². The molecule has 0 aliphatic rings. The highest BCUT2D eigenvalue weighted by Gasteiger charge is 2.08. The van der Waals surface area contributed by atoms with Crippen molar-refractivity contribution in [2.75, 3.05) is 0 Å². The van der Waals surface area contributed by atoms with Gasteiger partial charge in [-0.05, 0) is 36.4 Å². The molecule has 0 aliphatic heterocycles. The van der Waals surface area contributed by atoms with Gasteiger partial charge in [0, 0.05) is 9.50 Å². The smallest absolute Gasteiger partial charge is 0.200 e. The molecule has 4 heteroatoms. The third kappa shape index (κ3) is 1.75. The molecule has 0 aliphatic carbocycles. The molecule has 0 atom stereocenters. The van der Waals surface area contributed by atoms with Crippen molar-refractivity contribution in [3.05, 3.63) is 56.1 Å². The number of fused-ring (bicyclic) bond motifs is 2. The van der Waals surface area contributed by atoms with E-state index >= 15 is 0 Å². The van der Waals surface area contributed by atoms with Crippen molar-refractivity contribution >= 4 is 49.5 Å². The van der Waals surface area contributed by atoms with E-state index in [2.05, 4.69) is 15.9 Å². The zero-order valence-corrected chi connectivity index (χ0v) is 10.9. The first-order valence-corrected chi connectivity index (χ1v) is 6.14. The number of rotatable bonds is 0. The summed E-state index contributed by atoms with van der Waals surface area (Å²) in [4.78, 5) is 12.3. The molecule has 2 nitrogen and oxygen atoms in total. The summed E-state index contributed by atoms with van der Waals surface area (Å²) >= 11 is 9.22. The summed E-state index contributed by atoms with van der Waals surface area (Å²) < 4.78 is 6.50. The Balaban J connectivity index is 2.58. The molecule has 0 unspecified atom stereocenters. The van der Waals surface area contributed by atoms with Crippen molar-refractivity contribution in [1.29, 1.82) is 0 Å². The van der Waals surface area contributed by atoms with Crippen LogP contribution in [0.2, 0.25) is 5.02 Å². The van der Waals surface area contributed by atoms with Gasteiger partial charge in [-0.1, -0.05) is 27.5 Å². The first-order valence-electron chi connectivity index (χ1n) is 4.97. The third-order valence-corrected chi connectivity index (χ3v) is 3.32. The van der Waals surface area contributed by atoms with Crippen LogP contribution in [0.3, 0.4) is 0 Å². The molecule has 1 heterocycles. The van der Waals surface area contributed by atoms with Gasteiger partial charge in [0.2, 0.25) is 5.43 Å². The molecule has 1 aromatic heterocycles. The zero-order chi connectivity index (χ0) is 12.0. The van der Waals surface area contributed by atoms with Crippen LogP contribution in [0.4, 0.5) is 0 Å². The third-order valence-electron chi connectivity index (χ3n) is 2.59. The van der Waals surface area contributed by atoms with E-state index in [1.165, 1.54) is 0 Å². The normalized spacial score (nSPS) is 11.2. The molecule has 3 aromatic rings. The summed E-state index contributed by atoms with van der Waals surface area (Å²) in [5.74, 6) is 0. The second kappa shape index (κ2) is 3.86. The van der Waals surface area contributed by atoms with Crippen LogP contribution in [-0.2, 0) is 0 Å². The van der Waals surface area contributed by atoms with Gasteiger partial charge >= 0.3 is 0 Å². The summed E-state index contributed by atoms with van der Waals surface area (Å²) in [6.45, 7) is 0. The van der Waals surface area contributed by atoms with E-state index in [9.17, 15) is 4.79 Å². The van der Waals surface area contributed by atoms with Gasteiger partial charge < -0.3 is 4.42 Å². The van der Waals surface area contributed by atoms with E-state index < -0.39 is 0 Å². The van der Waals surface area contributed by atoms with Gasteiger partial charge in [-0.25, -0.2) is 0 Å². The van der Waals surface area contributed by atoms with E-state index in [-0.39, 0.29) is 5.43 Å². The Hall–Kier alpha value is -1.32. The minimum Gasteiger partial charge on any atom is -0.456 e. The number of hydrogen-bond donors (Lipinski definition) is 0. The van der Waals surface area contributed by atoms with Gasteiger partial charge in [-0.15, -0.1) is 0 Å². The van der Waals surface area contributed by atoms with Crippen molar-refractivity contribution in [2.24, 2.45) is 0 Å². The summed E-state index contributed by atoms with van der Waals surface area (Å²) in [6.07, 6.45) is 0. The Morgan fingerprint density at radius 1 is 1.00 bits per heavy atom. The topological polar surface area (TPSA) is 30.2 Å². The van der Waals surface area contributed by atoms with Crippen LogP contribution < -0.4 is 5.43 Å². The number of halogens is 2. The predicted octanol–water partition coefficient (Wildman–Crippen LogP) is 4.36. The Kier molecular flexibility index (Phi) is 2.45. The summed E-state index contributed by atoms with van der Waals surface area (Å²) in [5, 5.41) is 1.58. The maximum atomic E-state index is 12.3. The minimum absolute atomic E-state index is 0.0648. The maximum Gasteiger partial charge on any atom is 0.200 e. The van der Waals surface area contributed by atoms with Crippen LogP contribution >= 0.6 is 27.5 Å². The van der Waals surface area contributed by atoms with Crippen LogP contribution in [0.5, 0.6) is 0 Å². The van der Waals surface area contributed by atoms with Gasteiger partial charge in [-0.2, -0.15) is 0 Å². The van der Waals surface area contributed by atoms with E-state index in [0.717, 1.165) is 4.47 Å². The fraction of sp³-hybridized carbons (Fsp3) is 0. The fourth-order valence-electron chi connectivity index (χ4n) is 1.80. The second-order valence-electron chi connectivity index (χ2n) is 3.71. The maximum absolute atomic E-state index is 12.3. The van der Waals surface area contributed by atoms with E-state index in [0.29, 0.717) is 27.0 Å². The molecule has 2 aromatic carbocycles. The lowest BCUT2D eigenvalue weighted by molar-refractivity contribution is 0.660. The summed E-state index contributed by atoms with van der Waals surface area (Å²) in [7, 11) is 0. The van der Waals surface area contributed by atoms with E-state index in [1.54, 1.807) is 30.3 Å². The van der Waals surface area contributed by atoms with Crippen LogP contribution in [-0.4, -0.2) is 0 Å². The lowest BCUT2D eigenvalue weighted by Gasteiger charge is -2.01. The quantitative estimate of drug-likeness (QED) is 0.577. The molecule has 84 valence electrons. The van der Waals surface area contributed by atoms with Gasteiger partial charge in [-0.3, -0.25) is 4.79 Å². The molecule has 0 N–H and O–H groups in total. The van der Waals surface area contributed by atoms with Crippen molar-refractivity contribution < 1.29 is 4.42 Å². The van der Waals surface area contributed by atoms with Gasteiger partial charge in [0.1, 0.15) is 11.2 Å². The van der Waals surface area contributed by atoms with Crippen LogP contribution in [0.25, 0.3) is 21.9 Å². The van der Waals surface area contributed by atoms with Crippen molar-refractivity contribution in [3.63, 3.8) is 0 Å². The molecule has 0 spiro atoms. The molecule has 0 saturated heterocycles. The largest absolute Gasteiger partial charge is 0.456 e. The lowest BCUT2D eigenvalue weighted by atomic mass is 10.1. The lowest BCUT2D eigenvalue weighted by Crippen LogP contribution is -2.01. The van der Waals surface area contributed by atoms with E-state index in [1.807, 2.05) is 6.07 Å². The number of hydrogen-bond acceptors (Lipinski definition) is 2. The van der Waals surface area contributed by atoms with Crippen molar-refractivity contribution in [2.45, 2.75) is 0 Å². The van der Waals surface area contributed by atoms with Crippen molar-refractivity contribution in [3.8, 4) is 0 Å². The Morgan fingerprint density at radius 3 is 2.41 bits per heavy atom. The molecule has 0 amide bonds. The molecular weight excluding hydrogens is 303 g/mol. The number of benzene rings is 2. The van der Waals surface area contributed by atoms with Gasteiger partial charge in [0.15, 0.2) is 0 Å². The summed E-state index contributed by atoms with van der Waals surface area (Å²) in [6, 6.07) is 10.4. The SMILES string of the molecule is O=c1c2cc(Cl)ccc2oc2ccc(Br)cc12. The first kappa shape index (κ1) is 10.8. The average Bonchev–Trinajstić information content (AvgIpc) is 2.32. The van der Waals surface area contributed by atoms with Crippen LogP contribution in [0.1, 0.15) is 0 Å². The highest BCUT2D eigenvalue weighted by atomic mass is 79.9. The monoisotopic (exact) mass is 308 g/mol. The standard InChI is InChI=1S/C13H6BrClO2/c14-7-1-3-11-9(5-7)13(16)10-6-8(15)2-4-12(10)17-11/h1-6H. The Morgan fingerprint density at radius 2 is 1.65 bits per heavy atom.